The Balaban J connectivity index is 2.96. The average Bonchev–Trinajstić information content (AvgIpc) is 2.31. The van der Waals surface area contributed by atoms with Crippen molar-refractivity contribution in [2.24, 2.45) is 5.92 Å². The highest BCUT2D eigenvalue weighted by atomic mass is 19.1. The number of halogens is 2. The minimum Gasteiger partial charge on any atom is -0.378 e. The summed E-state index contributed by atoms with van der Waals surface area (Å²) in [5, 5.41) is 11.4. The number of hydrogen-bond donors (Lipinski definition) is 1. The van der Waals surface area contributed by atoms with Gasteiger partial charge in [-0.1, -0.05) is 20.3 Å². The third kappa shape index (κ3) is 3.16. The summed E-state index contributed by atoms with van der Waals surface area (Å²) in [7, 11) is 0. The summed E-state index contributed by atoms with van der Waals surface area (Å²) in [6.45, 7) is 5.91. The second-order valence-electron chi connectivity index (χ2n) is 4.25. The van der Waals surface area contributed by atoms with Crippen LogP contribution < -0.4 is 5.32 Å². The zero-order valence-electron chi connectivity index (χ0n) is 10.2. The molecule has 1 rings (SSSR count). The van der Waals surface area contributed by atoms with Gasteiger partial charge in [-0.3, -0.25) is 0 Å². The first-order valence-corrected chi connectivity index (χ1v) is 5.65. The number of anilines is 1. The summed E-state index contributed by atoms with van der Waals surface area (Å²) in [4.78, 5) is 0. The van der Waals surface area contributed by atoms with Crippen LogP contribution in [0, 0.1) is 28.9 Å². The molecule has 0 aliphatic heterocycles. The monoisotopic (exact) mass is 238 g/mol. The van der Waals surface area contributed by atoms with Gasteiger partial charge in [0, 0.05) is 6.04 Å². The minimum atomic E-state index is -0.725. The number of benzene rings is 1. The Morgan fingerprint density at radius 3 is 2.24 bits per heavy atom. The molecule has 1 aromatic rings. The summed E-state index contributed by atoms with van der Waals surface area (Å²) in [5.41, 5.74) is -0.168. The van der Waals surface area contributed by atoms with Gasteiger partial charge in [-0.25, -0.2) is 8.78 Å². The average molecular weight is 238 g/mol. The van der Waals surface area contributed by atoms with E-state index in [4.69, 9.17) is 5.26 Å². The van der Waals surface area contributed by atoms with Crippen molar-refractivity contribution in [3.05, 3.63) is 29.3 Å². The lowest BCUT2D eigenvalue weighted by Gasteiger charge is -2.21. The Labute approximate surface area is 100 Å². The Kier molecular flexibility index (Phi) is 4.45. The quantitative estimate of drug-likeness (QED) is 0.868. The number of nitriles is 1. The van der Waals surface area contributed by atoms with E-state index < -0.39 is 11.6 Å². The standard InChI is InChI=1S/C13H16F2N2/c1-4-8(2)9(3)17-13-11(14)5-10(7-16)6-12(13)15/h5-6,8-9,17H,4H2,1-3H3. The third-order valence-corrected chi connectivity index (χ3v) is 3.04. The lowest BCUT2D eigenvalue weighted by molar-refractivity contribution is 0.486. The molecular weight excluding hydrogens is 222 g/mol. The van der Waals surface area contributed by atoms with E-state index in [1.807, 2.05) is 20.8 Å². The predicted molar refractivity (Wildman–Crippen MR) is 63.6 cm³/mol. The second-order valence-corrected chi connectivity index (χ2v) is 4.25. The fourth-order valence-corrected chi connectivity index (χ4v) is 1.50. The molecule has 0 aliphatic carbocycles. The van der Waals surface area contributed by atoms with Gasteiger partial charge in [0.15, 0.2) is 11.6 Å². The fraction of sp³-hybridized carbons (Fsp3) is 0.462. The SMILES string of the molecule is CCC(C)C(C)Nc1c(F)cc(C#N)cc1F. The summed E-state index contributed by atoms with van der Waals surface area (Å²) >= 11 is 0. The molecule has 0 amide bonds. The van der Waals surface area contributed by atoms with Crippen molar-refractivity contribution in [1.29, 1.82) is 5.26 Å². The van der Waals surface area contributed by atoms with Gasteiger partial charge in [0.05, 0.1) is 11.6 Å². The summed E-state index contributed by atoms with van der Waals surface area (Å²) in [5.74, 6) is -1.14. The molecule has 0 bridgehead atoms. The molecule has 0 aliphatic rings. The lowest BCUT2D eigenvalue weighted by atomic mass is 10.0. The van der Waals surface area contributed by atoms with E-state index in [2.05, 4.69) is 5.32 Å². The van der Waals surface area contributed by atoms with Crippen molar-refractivity contribution in [3.8, 4) is 6.07 Å². The summed E-state index contributed by atoms with van der Waals surface area (Å²) in [6, 6.07) is 3.76. The van der Waals surface area contributed by atoms with Gasteiger partial charge in [0.1, 0.15) is 5.69 Å². The van der Waals surface area contributed by atoms with E-state index in [0.29, 0.717) is 5.92 Å². The van der Waals surface area contributed by atoms with Crippen molar-refractivity contribution in [1.82, 2.24) is 0 Å². The molecule has 92 valence electrons. The molecule has 4 heteroatoms. The van der Waals surface area contributed by atoms with E-state index >= 15 is 0 Å². The number of nitrogens with zero attached hydrogens (tertiary/aromatic N) is 1. The summed E-state index contributed by atoms with van der Waals surface area (Å²) in [6.07, 6.45) is 0.924. The zero-order chi connectivity index (χ0) is 13.0. The molecule has 2 nitrogen and oxygen atoms in total. The van der Waals surface area contributed by atoms with Gasteiger partial charge in [0.25, 0.3) is 0 Å². The van der Waals surface area contributed by atoms with Crippen molar-refractivity contribution in [2.45, 2.75) is 33.2 Å². The van der Waals surface area contributed by atoms with Gasteiger partial charge in [-0.2, -0.15) is 5.26 Å². The molecule has 1 aromatic carbocycles. The van der Waals surface area contributed by atoms with Crippen LogP contribution in [0.3, 0.4) is 0 Å². The van der Waals surface area contributed by atoms with Crippen molar-refractivity contribution < 1.29 is 8.78 Å². The highest BCUT2D eigenvalue weighted by Gasteiger charge is 2.16. The van der Waals surface area contributed by atoms with Crippen LogP contribution in [0.15, 0.2) is 12.1 Å². The first-order chi connectivity index (χ1) is 7.99. The Bertz CT molecular complexity index is 415. The number of nitrogens with one attached hydrogen (secondary N) is 1. The van der Waals surface area contributed by atoms with Crippen LogP contribution in [0.1, 0.15) is 32.8 Å². The van der Waals surface area contributed by atoms with Crippen molar-refractivity contribution in [3.63, 3.8) is 0 Å². The molecule has 17 heavy (non-hydrogen) atoms. The summed E-state index contributed by atoms with van der Waals surface area (Å²) < 4.78 is 27.1. The Hall–Kier alpha value is -1.63. The highest BCUT2D eigenvalue weighted by molar-refractivity contribution is 5.50. The van der Waals surface area contributed by atoms with Gasteiger partial charge >= 0.3 is 0 Å². The minimum absolute atomic E-state index is 0.0123. The topological polar surface area (TPSA) is 35.8 Å². The molecular formula is C13H16F2N2. The normalized spacial score (nSPS) is 13.9. The van der Waals surface area contributed by atoms with Gasteiger partial charge < -0.3 is 5.32 Å². The molecule has 0 spiro atoms. The zero-order valence-corrected chi connectivity index (χ0v) is 10.2. The smallest absolute Gasteiger partial charge is 0.150 e. The van der Waals surface area contributed by atoms with E-state index in [1.54, 1.807) is 6.07 Å². The largest absolute Gasteiger partial charge is 0.378 e. The maximum absolute atomic E-state index is 13.6. The Morgan fingerprint density at radius 2 is 1.82 bits per heavy atom. The molecule has 2 unspecified atom stereocenters. The van der Waals surface area contributed by atoms with E-state index in [0.717, 1.165) is 18.6 Å². The van der Waals surface area contributed by atoms with Crippen LogP contribution in [0.4, 0.5) is 14.5 Å². The molecule has 0 saturated carbocycles. The molecule has 0 heterocycles. The van der Waals surface area contributed by atoms with Crippen LogP contribution in [-0.2, 0) is 0 Å². The van der Waals surface area contributed by atoms with E-state index in [9.17, 15) is 8.78 Å². The molecule has 1 N–H and O–H groups in total. The second kappa shape index (κ2) is 5.62. The first kappa shape index (κ1) is 13.4. The van der Waals surface area contributed by atoms with E-state index in [-0.39, 0.29) is 17.3 Å². The molecule has 0 radical (unpaired) electrons. The maximum atomic E-state index is 13.6. The highest BCUT2D eigenvalue weighted by Crippen LogP contribution is 2.23. The van der Waals surface area contributed by atoms with Crippen LogP contribution in [0.2, 0.25) is 0 Å². The fourth-order valence-electron chi connectivity index (χ4n) is 1.50. The molecule has 0 aromatic heterocycles. The van der Waals surface area contributed by atoms with Gasteiger partial charge in [0.2, 0.25) is 0 Å². The molecule has 0 saturated heterocycles. The third-order valence-electron chi connectivity index (χ3n) is 3.04. The van der Waals surface area contributed by atoms with Crippen molar-refractivity contribution >= 4 is 5.69 Å². The Morgan fingerprint density at radius 1 is 1.29 bits per heavy atom. The first-order valence-electron chi connectivity index (χ1n) is 5.65. The molecule has 2 atom stereocenters. The van der Waals surface area contributed by atoms with Crippen LogP contribution in [-0.4, -0.2) is 6.04 Å². The number of hydrogen-bond acceptors (Lipinski definition) is 2. The number of rotatable bonds is 4. The van der Waals surface area contributed by atoms with E-state index in [1.165, 1.54) is 0 Å². The molecule has 0 fully saturated rings. The predicted octanol–water partition coefficient (Wildman–Crippen LogP) is 3.68. The van der Waals surface area contributed by atoms with Gasteiger partial charge in [-0.15, -0.1) is 0 Å². The lowest BCUT2D eigenvalue weighted by Crippen LogP contribution is -2.24. The maximum Gasteiger partial charge on any atom is 0.150 e. The van der Waals surface area contributed by atoms with Gasteiger partial charge in [-0.05, 0) is 25.0 Å². The van der Waals surface area contributed by atoms with Crippen LogP contribution >= 0.6 is 0 Å². The van der Waals surface area contributed by atoms with Crippen LogP contribution in [0.25, 0.3) is 0 Å². The van der Waals surface area contributed by atoms with Crippen molar-refractivity contribution in [2.75, 3.05) is 5.32 Å². The van der Waals surface area contributed by atoms with Crippen LogP contribution in [0.5, 0.6) is 0 Å².